The lowest BCUT2D eigenvalue weighted by Gasteiger charge is -2.06. The smallest absolute Gasteiger partial charge is 0.423 e. The minimum absolute atomic E-state index is 0.552. The largest absolute Gasteiger partial charge is 0.489 e. The van der Waals surface area contributed by atoms with Gasteiger partial charge in [0.15, 0.2) is 0 Å². The average Bonchev–Trinajstić information content (AvgIpc) is 2.59. The molecule has 5 heteroatoms. The lowest BCUT2D eigenvalue weighted by molar-refractivity contribution is 0.426. The minimum atomic E-state index is -1.42. The van der Waals surface area contributed by atoms with Crippen LogP contribution in [-0.2, 0) is 0 Å². The number of hydrogen-bond acceptors (Lipinski definition) is 4. The Hall–Kier alpha value is -0.485. The first-order chi connectivity index (χ1) is 6.61. The Morgan fingerprint density at radius 2 is 2.14 bits per heavy atom. The molecule has 0 atom stereocenters. The van der Waals surface area contributed by atoms with Gasteiger partial charge in [0.2, 0.25) is 0 Å². The van der Waals surface area contributed by atoms with Gasteiger partial charge in [-0.05, 0) is 34.8 Å². The molecule has 1 aromatic heterocycles. The van der Waals surface area contributed by atoms with Crippen LogP contribution in [0.3, 0.4) is 0 Å². The normalized spacial score (nSPS) is 10.9. The monoisotopic (exact) mass is 224 g/mol. The Kier molecular flexibility index (Phi) is 2.57. The first-order valence-electron chi connectivity index (χ1n) is 4.17. The molecule has 2 aromatic rings. The summed E-state index contributed by atoms with van der Waals surface area (Å²) in [5.74, 6) is 0. The summed E-state index contributed by atoms with van der Waals surface area (Å²) in [5.41, 5.74) is 1.52. The molecule has 0 bridgehead atoms. The topological polar surface area (TPSA) is 40.5 Å². The molecule has 0 aliphatic heterocycles. The van der Waals surface area contributed by atoms with Crippen molar-refractivity contribution in [2.75, 3.05) is 0 Å². The maximum Gasteiger partial charge on any atom is 0.489 e. The average molecular weight is 224 g/mol. The molecule has 0 saturated heterocycles. The van der Waals surface area contributed by atoms with Gasteiger partial charge in [-0.25, -0.2) is 0 Å². The van der Waals surface area contributed by atoms with Gasteiger partial charge in [-0.15, -0.1) is 24.0 Å². The van der Waals surface area contributed by atoms with Crippen LogP contribution in [0.15, 0.2) is 22.4 Å². The molecule has 0 saturated carbocycles. The van der Waals surface area contributed by atoms with E-state index in [1.54, 1.807) is 17.4 Å². The number of benzene rings is 1. The summed E-state index contributed by atoms with van der Waals surface area (Å²) < 4.78 is 1.01. The molecule has 2 nitrogen and oxygen atoms in total. The number of aryl methyl sites for hydroxylation is 1. The molecule has 2 rings (SSSR count). The van der Waals surface area contributed by atoms with Gasteiger partial charge in [-0.2, -0.15) is 0 Å². The van der Waals surface area contributed by atoms with Crippen molar-refractivity contribution < 1.29 is 10.0 Å². The standard InChI is InChI=1S/C9H9BO2S2/c1-5-4-7(10(11)12)6-2-3-14-9(6)8(5)13/h2-4,11-13H,1H3. The summed E-state index contributed by atoms with van der Waals surface area (Å²) in [6.07, 6.45) is 0. The van der Waals surface area contributed by atoms with Gasteiger partial charge in [0.25, 0.3) is 0 Å². The second-order valence-corrected chi connectivity index (χ2v) is 4.53. The van der Waals surface area contributed by atoms with Gasteiger partial charge < -0.3 is 10.0 Å². The second kappa shape index (κ2) is 3.58. The van der Waals surface area contributed by atoms with Crippen LogP contribution in [0.2, 0.25) is 0 Å². The molecule has 1 heterocycles. The summed E-state index contributed by atoms with van der Waals surface area (Å²) in [6.45, 7) is 1.91. The van der Waals surface area contributed by atoms with Crippen molar-refractivity contribution in [3.63, 3.8) is 0 Å². The summed E-state index contributed by atoms with van der Waals surface area (Å²) in [4.78, 5) is 0.916. The fourth-order valence-electron chi connectivity index (χ4n) is 1.49. The maximum atomic E-state index is 9.19. The molecule has 0 unspecified atom stereocenters. The third-order valence-corrected chi connectivity index (χ3v) is 3.87. The van der Waals surface area contributed by atoms with Crippen molar-refractivity contribution >= 4 is 46.6 Å². The quantitative estimate of drug-likeness (QED) is 0.502. The first-order valence-corrected chi connectivity index (χ1v) is 5.49. The summed E-state index contributed by atoms with van der Waals surface area (Å²) in [5, 5.41) is 21.2. The van der Waals surface area contributed by atoms with E-state index in [1.165, 1.54) is 0 Å². The molecular formula is C9H9BO2S2. The number of rotatable bonds is 1. The lowest BCUT2D eigenvalue weighted by Crippen LogP contribution is -2.30. The summed E-state index contributed by atoms with van der Waals surface area (Å²) >= 11 is 5.95. The predicted octanol–water partition coefficient (Wildman–Crippen LogP) is 1.18. The third-order valence-electron chi connectivity index (χ3n) is 2.22. The third kappa shape index (κ3) is 1.46. The van der Waals surface area contributed by atoms with Gasteiger partial charge in [0, 0.05) is 9.60 Å². The zero-order valence-corrected chi connectivity index (χ0v) is 9.27. The summed E-state index contributed by atoms with van der Waals surface area (Å²) in [6, 6.07) is 3.65. The van der Waals surface area contributed by atoms with Crippen molar-refractivity contribution in [1.82, 2.24) is 0 Å². The molecule has 0 fully saturated rings. The Morgan fingerprint density at radius 1 is 1.43 bits per heavy atom. The molecule has 2 N–H and O–H groups in total. The number of fused-ring (bicyclic) bond motifs is 1. The Labute approximate surface area is 91.8 Å². The number of thiophene rings is 1. The Morgan fingerprint density at radius 3 is 2.79 bits per heavy atom. The highest BCUT2D eigenvalue weighted by atomic mass is 32.1. The van der Waals surface area contributed by atoms with Crippen LogP contribution in [0.5, 0.6) is 0 Å². The van der Waals surface area contributed by atoms with Gasteiger partial charge >= 0.3 is 7.12 Å². The van der Waals surface area contributed by atoms with E-state index in [9.17, 15) is 10.0 Å². The molecular weight excluding hydrogens is 215 g/mol. The fourth-order valence-corrected chi connectivity index (χ4v) is 2.76. The van der Waals surface area contributed by atoms with Crippen LogP contribution in [-0.4, -0.2) is 17.2 Å². The number of hydrogen-bond donors (Lipinski definition) is 3. The van der Waals surface area contributed by atoms with Crippen LogP contribution in [0.1, 0.15) is 5.56 Å². The van der Waals surface area contributed by atoms with Gasteiger partial charge in [-0.3, -0.25) is 0 Å². The van der Waals surface area contributed by atoms with Crippen molar-refractivity contribution in [2.24, 2.45) is 0 Å². The first kappa shape index (κ1) is 10.0. The van der Waals surface area contributed by atoms with Crippen molar-refractivity contribution in [2.45, 2.75) is 11.8 Å². The zero-order chi connectivity index (χ0) is 10.3. The van der Waals surface area contributed by atoms with Crippen molar-refractivity contribution in [3.8, 4) is 0 Å². The number of thiol groups is 1. The van der Waals surface area contributed by atoms with Gasteiger partial charge in [0.05, 0.1) is 0 Å². The lowest BCUT2D eigenvalue weighted by atomic mass is 9.77. The van der Waals surface area contributed by atoms with Crippen LogP contribution in [0.4, 0.5) is 0 Å². The molecule has 72 valence electrons. The molecule has 0 aliphatic carbocycles. The van der Waals surface area contributed by atoms with E-state index >= 15 is 0 Å². The van der Waals surface area contributed by atoms with Gasteiger partial charge in [-0.1, -0.05) is 6.07 Å². The van der Waals surface area contributed by atoms with Crippen LogP contribution < -0.4 is 5.46 Å². The van der Waals surface area contributed by atoms with E-state index in [-0.39, 0.29) is 0 Å². The molecule has 0 amide bonds. The molecule has 0 aliphatic rings. The van der Waals surface area contributed by atoms with E-state index in [1.807, 2.05) is 18.4 Å². The Bertz CT molecular complexity index is 479. The molecule has 1 aromatic carbocycles. The maximum absolute atomic E-state index is 9.19. The predicted molar refractivity (Wildman–Crippen MR) is 63.6 cm³/mol. The Balaban J connectivity index is 2.84. The molecule has 14 heavy (non-hydrogen) atoms. The molecule has 0 radical (unpaired) electrons. The van der Waals surface area contributed by atoms with Crippen LogP contribution in [0, 0.1) is 6.92 Å². The van der Waals surface area contributed by atoms with E-state index in [0.717, 1.165) is 20.5 Å². The van der Waals surface area contributed by atoms with E-state index in [2.05, 4.69) is 12.6 Å². The SMILES string of the molecule is Cc1cc(B(O)O)c2ccsc2c1S. The van der Waals surface area contributed by atoms with Crippen LogP contribution >= 0.6 is 24.0 Å². The molecule has 0 spiro atoms. The highest BCUT2D eigenvalue weighted by molar-refractivity contribution is 7.80. The van der Waals surface area contributed by atoms with Gasteiger partial charge in [0.1, 0.15) is 0 Å². The summed E-state index contributed by atoms with van der Waals surface area (Å²) in [7, 11) is -1.42. The van der Waals surface area contributed by atoms with Crippen molar-refractivity contribution in [1.29, 1.82) is 0 Å². The van der Waals surface area contributed by atoms with E-state index < -0.39 is 7.12 Å². The highest BCUT2D eigenvalue weighted by Crippen LogP contribution is 2.28. The van der Waals surface area contributed by atoms with E-state index in [0.29, 0.717) is 5.46 Å². The zero-order valence-electron chi connectivity index (χ0n) is 7.56. The second-order valence-electron chi connectivity index (χ2n) is 3.17. The fraction of sp³-hybridized carbons (Fsp3) is 0.111. The van der Waals surface area contributed by atoms with Crippen molar-refractivity contribution in [3.05, 3.63) is 23.1 Å². The van der Waals surface area contributed by atoms with Crippen LogP contribution in [0.25, 0.3) is 10.1 Å². The highest BCUT2D eigenvalue weighted by Gasteiger charge is 2.17. The minimum Gasteiger partial charge on any atom is -0.423 e. The van der Waals surface area contributed by atoms with E-state index in [4.69, 9.17) is 0 Å².